The van der Waals surface area contributed by atoms with Gasteiger partial charge in [0.05, 0.1) is 12.1 Å². The van der Waals surface area contributed by atoms with Gasteiger partial charge in [-0.3, -0.25) is 4.79 Å². The Hall–Kier alpha value is -1.01. The molecule has 14 heavy (non-hydrogen) atoms. The second-order valence-electron chi connectivity index (χ2n) is 3.04. The van der Waals surface area contributed by atoms with Crippen LogP contribution in [-0.2, 0) is 9.59 Å². The normalized spacial score (nSPS) is 19.2. The van der Waals surface area contributed by atoms with Gasteiger partial charge in [-0.15, -0.1) is 0 Å². The molecule has 1 amide bonds. The Morgan fingerprint density at radius 2 is 2.00 bits per heavy atom. The highest BCUT2D eigenvalue weighted by atomic mass is 19.1. The highest BCUT2D eigenvalue weighted by Crippen LogP contribution is 2.06. The van der Waals surface area contributed by atoms with E-state index in [-0.39, 0.29) is 6.29 Å². The summed E-state index contributed by atoms with van der Waals surface area (Å²) < 4.78 is 12.7. The van der Waals surface area contributed by atoms with Crippen LogP contribution in [0.3, 0.4) is 0 Å². The summed E-state index contributed by atoms with van der Waals surface area (Å²) in [5.41, 5.74) is 0. The zero-order chi connectivity index (χ0) is 11.3. The summed E-state index contributed by atoms with van der Waals surface area (Å²) in [5, 5.41) is 20.5. The molecule has 0 radical (unpaired) electrons. The number of carbonyl (C=O) groups is 2. The van der Waals surface area contributed by atoms with E-state index in [1.807, 2.05) is 0 Å². The van der Waals surface area contributed by atoms with Crippen molar-refractivity contribution in [3.8, 4) is 0 Å². The third kappa shape index (κ3) is 3.80. The van der Waals surface area contributed by atoms with E-state index in [9.17, 15) is 19.1 Å². The number of amides is 1. The lowest BCUT2D eigenvalue weighted by molar-refractivity contribution is -0.125. The largest absolute Gasteiger partial charge is 0.391 e. The molecule has 0 aliphatic carbocycles. The first kappa shape index (κ1) is 13.0. The molecule has 0 aliphatic rings. The number of hydrogen-bond acceptors (Lipinski definition) is 4. The standard InChI is InChI=1S/C8H14FNO4/c1-4(12)7(10-5(2)13)8(14)6(9)3-11/h3-4,6-8,12,14H,1-2H3,(H,10,13)/t4-,6-,7+,8+/m1/s1. The molecular formula is C8H14FNO4. The summed E-state index contributed by atoms with van der Waals surface area (Å²) in [6, 6.07) is -1.19. The molecule has 4 atom stereocenters. The minimum atomic E-state index is -2.12. The molecule has 0 rings (SSSR count). The SMILES string of the molecule is CC(=O)N[C@H]([C@@H](O)[C@H](F)C=O)[C@@H](C)O. The van der Waals surface area contributed by atoms with E-state index in [0.29, 0.717) is 0 Å². The Kier molecular flexibility index (Phi) is 5.26. The van der Waals surface area contributed by atoms with Crippen LogP contribution in [0.5, 0.6) is 0 Å². The third-order valence-electron chi connectivity index (χ3n) is 1.71. The summed E-state index contributed by atoms with van der Waals surface area (Å²) in [5.74, 6) is -0.520. The molecule has 0 bridgehead atoms. The van der Waals surface area contributed by atoms with E-state index in [1.165, 1.54) is 6.92 Å². The molecule has 0 heterocycles. The van der Waals surface area contributed by atoms with Crippen molar-refractivity contribution in [1.29, 1.82) is 0 Å². The van der Waals surface area contributed by atoms with E-state index in [2.05, 4.69) is 5.32 Å². The molecule has 0 aromatic heterocycles. The van der Waals surface area contributed by atoms with Crippen molar-refractivity contribution in [2.75, 3.05) is 0 Å². The van der Waals surface area contributed by atoms with Crippen LogP contribution < -0.4 is 5.32 Å². The van der Waals surface area contributed by atoms with Crippen LogP contribution in [0.15, 0.2) is 0 Å². The van der Waals surface area contributed by atoms with Crippen molar-refractivity contribution < 1.29 is 24.2 Å². The Morgan fingerprint density at radius 3 is 2.29 bits per heavy atom. The number of halogens is 1. The number of carbonyl (C=O) groups excluding carboxylic acids is 2. The molecule has 3 N–H and O–H groups in total. The van der Waals surface area contributed by atoms with Gasteiger partial charge in [-0.05, 0) is 6.92 Å². The van der Waals surface area contributed by atoms with E-state index in [1.54, 1.807) is 0 Å². The van der Waals surface area contributed by atoms with E-state index < -0.39 is 30.3 Å². The van der Waals surface area contributed by atoms with E-state index >= 15 is 0 Å². The molecule has 0 aliphatic heterocycles. The van der Waals surface area contributed by atoms with Gasteiger partial charge in [0, 0.05) is 6.92 Å². The predicted octanol–water partition coefficient (Wildman–Crippen LogP) is -1.23. The number of rotatable bonds is 5. The Morgan fingerprint density at radius 1 is 1.50 bits per heavy atom. The van der Waals surface area contributed by atoms with Crippen LogP contribution in [0.2, 0.25) is 0 Å². The average molecular weight is 207 g/mol. The monoisotopic (exact) mass is 207 g/mol. The lowest BCUT2D eigenvalue weighted by atomic mass is 10.0. The van der Waals surface area contributed by atoms with Gasteiger partial charge in [0.2, 0.25) is 5.91 Å². The number of nitrogens with one attached hydrogen (secondary N) is 1. The quantitative estimate of drug-likeness (QED) is 0.493. The smallest absolute Gasteiger partial charge is 0.217 e. The molecule has 0 aromatic carbocycles. The van der Waals surface area contributed by atoms with E-state index in [0.717, 1.165) is 6.92 Å². The first-order valence-electron chi connectivity index (χ1n) is 4.12. The van der Waals surface area contributed by atoms with Crippen molar-refractivity contribution in [2.24, 2.45) is 0 Å². The molecule has 6 heteroatoms. The predicted molar refractivity (Wildman–Crippen MR) is 46.3 cm³/mol. The van der Waals surface area contributed by atoms with Crippen molar-refractivity contribution >= 4 is 12.2 Å². The van der Waals surface area contributed by atoms with Crippen LogP contribution in [0.25, 0.3) is 0 Å². The lowest BCUT2D eigenvalue weighted by Crippen LogP contribution is -2.52. The maximum atomic E-state index is 12.7. The first-order chi connectivity index (χ1) is 6.40. The van der Waals surface area contributed by atoms with Gasteiger partial charge in [0.1, 0.15) is 6.10 Å². The summed E-state index contributed by atoms with van der Waals surface area (Å²) in [4.78, 5) is 20.7. The van der Waals surface area contributed by atoms with Gasteiger partial charge < -0.3 is 20.3 Å². The molecule has 82 valence electrons. The van der Waals surface area contributed by atoms with Crippen molar-refractivity contribution in [3.63, 3.8) is 0 Å². The van der Waals surface area contributed by atoms with Gasteiger partial charge in [0.15, 0.2) is 12.5 Å². The summed E-state index contributed by atoms with van der Waals surface area (Å²) >= 11 is 0. The number of aldehydes is 1. The molecule has 0 spiro atoms. The van der Waals surface area contributed by atoms with Crippen LogP contribution in [0, 0.1) is 0 Å². The Balaban J connectivity index is 4.47. The lowest BCUT2D eigenvalue weighted by Gasteiger charge is -2.26. The van der Waals surface area contributed by atoms with Gasteiger partial charge in [0.25, 0.3) is 0 Å². The zero-order valence-corrected chi connectivity index (χ0v) is 7.98. The third-order valence-corrected chi connectivity index (χ3v) is 1.71. The number of aliphatic hydroxyl groups is 2. The molecule has 0 saturated heterocycles. The zero-order valence-electron chi connectivity index (χ0n) is 7.98. The van der Waals surface area contributed by atoms with Gasteiger partial charge in [-0.1, -0.05) is 0 Å². The molecule has 0 unspecified atom stereocenters. The number of alkyl halides is 1. The fourth-order valence-corrected chi connectivity index (χ4v) is 1.00. The molecule has 0 fully saturated rings. The Labute approximate surface area is 80.9 Å². The maximum absolute atomic E-state index is 12.7. The van der Waals surface area contributed by atoms with E-state index in [4.69, 9.17) is 5.11 Å². The number of aliphatic hydroxyl groups excluding tert-OH is 2. The number of hydrogen-bond donors (Lipinski definition) is 3. The van der Waals surface area contributed by atoms with Crippen LogP contribution >= 0.6 is 0 Å². The van der Waals surface area contributed by atoms with Crippen molar-refractivity contribution in [3.05, 3.63) is 0 Å². The van der Waals surface area contributed by atoms with Crippen LogP contribution in [0.1, 0.15) is 13.8 Å². The van der Waals surface area contributed by atoms with Gasteiger partial charge in [-0.25, -0.2) is 4.39 Å². The first-order valence-corrected chi connectivity index (χ1v) is 4.12. The molecule has 5 nitrogen and oxygen atoms in total. The fourth-order valence-electron chi connectivity index (χ4n) is 1.00. The summed E-state index contributed by atoms with van der Waals surface area (Å²) in [6.45, 7) is 2.44. The highest BCUT2D eigenvalue weighted by Gasteiger charge is 2.31. The van der Waals surface area contributed by atoms with Crippen LogP contribution in [-0.4, -0.2) is 46.8 Å². The topological polar surface area (TPSA) is 86.6 Å². The minimum Gasteiger partial charge on any atom is -0.391 e. The second-order valence-corrected chi connectivity index (χ2v) is 3.04. The minimum absolute atomic E-state index is 0.0815. The highest BCUT2D eigenvalue weighted by molar-refractivity contribution is 5.73. The van der Waals surface area contributed by atoms with Gasteiger partial charge >= 0.3 is 0 Å². The second kappa shape index (κ2) is 5.66. The summed E-state index contributed by atoms with van der Waals surface area (Å²) in [7, 11) is 0. The molecular weight excluding hydrogens is 193 g/mol. The van der Waals surface area contributed by atoms with Crippen molar-refractivity contribution in [2.45, 2.75) is 38.3 Å². The molecule has 0 saturated carbocycles. The molecule has 0 aromatic rings. The average Bonchev–Trinajstić information content (AvgIpc) is 2.11. The fraction of sp³-hybridized carbons (Fsp3) is 0.750. The maximum Gasteiger partial charge on any atom is 0.217 e. The Bertz CT molecular complexity index is 210. The summed E-state index contributed by atoms with van der Waals surface area (Å²) in [6.07, 6.45) is -5.09. The van der Waals surface area contributed by atoms with Gasteiger partial charge in [-0.2, -0.15) is 0 Å². The van der Waals surface area contributed by atoms with Crippen molar-refractivity contribution in [1.82, 2.24) is 5.32 Å². The van der Waals surface area contributed by atoms with Crippen LogP contribution in [0.4, 0.5) is 4.39 Å².